The van der Waals surface area contributed by atoms with E-state index in [-0.39, 0.29) is 0 Å². The molecule has 0 aromatic carbocycles. The average Bonchev–Trinajstić information content (AvgIpc) is 2.15. The van der Waals surface area contributed by atoms with Crippen molar-refractivity contribution in [2.75, 3.05) is 19.8 Å². The van der Waals surface area contributed by atoms with Gasteiger partial charge in [0.1, 0.15) is 19.8 Å². The second-order valence-electron chi connectivity index (χ2n) is 2.40. The van der Waals surface area contributed by atoms with Crippen LogP contribution in [-0.4, -0.2) is 60.4 Å². The lowest BCUT2D eigenvalue weighted by atomic mass is 10.2. The molecule has 0 atom stereocenters. The number of hydrogen-bond acceptors (Lipinski definition) is 6. The van der Waals surface area contributed by atoms with Crippen LogP contribution in [0, 0.1) is 0 Å². The summed E-state index contributed by atoms with van der Waals surface area (Å²) in [5, 5.41) is 24.7. The Labute approximate surface area is 89.7 Å². The molecule has 0 heterocycles. The zero-order valence-corrected chi connectivity index (χ0v) is 7.99. The summed E-state index contributed by atoms with van der Waals surface area (Å²) in [6.07, 6.45) is 0. The van der Waals surface area contributed by atoms with Gasteiger partial charge in [-0.05, 0) is 0 Å². The zero-order valence-electron chi connectivity index (χ0n) is 7.99. The normalized spacial score (nSPS) is 9.75. The van der Waals surface area contributed by atoms with Gasteiger partial charge >= 0.3 is 25.2 Å². The second kappa shape index (κ2) is 7.62. The minimum Gasteiger partial charge on any atom is -0.480 e. The van der Waals surface area contributed by atoms with Gasteiger partial charge in [-0.3, -0.25) is 0 Å². The van der Waals surface area contributed by atoms with Gasteiger partial charge in [0, 0.05) is 0 Å². The first-order chi connectivity index (χ1) is 7.41. The quantitative estimate of drug-likeness (QED) is 0.398. The van der Waals surface area contributed by atoms with Crippen LogP contribution in [0.5, 0.6) is 0 Å². The summed E-state index contributed by atoms with van der Waals surface area (Å²) in [6.45, 7) is -2.41. The molecule has 0 aliphatic rings. The maximum atomic E-state index is 10.1. The van der Waals surface area contributed by atoms with Gasteiger partial charge < -0.3 is 29.3 Å². The molecule has 0 saturated heterocycles. The highest BCUT2D eigenvalue weighted by Gasteiger charge is 2.25. The SMILES string of the molecule is O=C(O)COB(OCC(=O)O)OCC(=O)O. The average molecular weight is 236 g/mol. The van der Waals surface area contributed by atoms with Gasteiger partial charge in [0.05, 0.1) is 0 Å². The Balaban J connectivity index is 3.98. The molecule has 3 N–H and O–H groups in total. The standard InChI is InChI=1S/C6H9BO9/c8-4(9)1-14-7(15-2-5(10)11)16-3-6(12)13/h1-3H2,(H,8,9)(H,10,11)(H,12,13). The van der Waals surface area contributed by atoms with E-state index in [1.807, 2.05) is 0 Å². The summed E-state index contributed by atoms with van der Waals surface area (Å²) in [4.78, 5) is 30.3. The first-order valence-corrected chi connectivity index (χ1v) is 3.92. The van der Waals surface area contributed by atoms with Crippen LogP contribution in [0.3, 0.4) is 0 Å². The Morgan fingerprint density at radius 1 is 0.750 bits per heavy atom. The number of aliphatic carboxylic acids is 3. The molecular formula is C6H9BO9. The molecule has 0 aromatic rings. The van der Waals surface area contributed by atoms with Crippen molar-refractivity contribution in [3.63, 3.8) is 0 Å². The molecule has 0 rings (SSSR count). The Hall–Kier alpha value is -1.65. The van der Waals surface area contributed by atoms with Crippen molar-refractivity contribution in [1.82, 2.24) is 0 Å². The lowest BCUT2D eigenvalue weighted by Gasteiger charge is -2.10. The molecule has 0 amide bonds. The summed E-state index contributed by atoms with van der Waals surface area (Å²) >= 11 is 0. The van der Waals surface area contributed by atoms with Crippen LogP contribution in [0.25, 0.3) is 0 Å². The van der Waals surface area contributed by atoms with E-state index < -0.39 is 45.0 Å². The van der Waals surface area contributed by atoms with Crippen LogP contribution in [0.4, 0.5) is 0 Å². The second-order valence-corrected chi connectivity index (χ2v) is 2.40. The predicted octanol–water partition coefficient (Wildman–Crippen LogP) is -1.73. The van der Waals surface area contributed by atoms with Crippen molar-refractivity contribution in [2.45, 2.75) is 0 Å². The largest absolute Gasteiger partial charge is 0.640 e. The molecule has 0 bridgehead atoms. The molecule has 0 aliphatic carbocycles. The fourth-order valence-corrected chi connectivity index (χ4v) is 0.562. The van der Waals surface area contributed by atoms with E-state index in [1.54, 1.807) is 0 Å². The zero-order chi connectivity index (χ0) is 12.6. The third-order valence-corrected chi connectivity index (χ3v) is 1.03. The van der Waals surface area contributed by atoms with Crippen LogP contribution >= 0.6 is 0 Å². The molecule has 10 heteroatoms. The van der Waals surface area contributed by atoms with Crippen LogP contribution in [0.2, 0.25) is 0 Å². The van der Waals surface area contributed by atoms with E-state index >= 15 is 0 Å². The molecule has 16 heavy (non-hydrogen) atoms. The van der Waals surface area contributed by atoms with Crippen LogP contribution in [0.15, 0.2) is 0 Å². The molecule has 0 fully saturated rings. The Bertz CT molecular complexity index is 222. The van der Waals surface area contributed by atoms with E-state index in [9.17, 15) is 14.4 Å². The van der Waals surface area contributed by atoms with E-state index in [1.165, 1.54) is 0 Å². The van der Waals surface area contributed by atoms with Crippen LogP contribution < -0.4 is 0 Å². The fraction of sp³-hybridized carbons (Fsp3) is 0.500. The first kappa shape index (κ1) is 14.4. The van der Waals surface area contributed by atoms with Crippen molar-refractivity contribution in [3.05, 3.63) is 0 Å². The van der Waals surface area contributed by atoms with E-state index in [0.29, 0.717) is 0 Å². The summed E-state index contributed by atoms with van der Waals surface area (Å²) in [5.74, 6) is -3.99. The van der Waals surface area contributed by atoms with E-state index in [2.05, 4.69) is 14.0 Å². The predicted molar refractivity (Wildman–Crippen MR) is 46.5 cm³/mol. The minimum atomic E-state index is -1.65. The van der Waals surface area contributed by atoms with Crippen LogP contribution in [0.1, 0.15) is 0 Å². The molecule has 0 aliphatic heterocycles. The van der Waals surface area contributed by atoms with Crippen molar-refractivity contribution in [2.24, 2.45) is 0 Å². The summed E-state index contributed by atoms with van der Waals surface area (Å²) < 4.78 is 13.3. The number of hydrogen-bond donors (Lipinski definition) is 3. The molecule has 0 radical (unpaired) electrons. The Kier molecular flexibility index (Phi) is 6.84. The fourth-order valence-electron chi connectivity index (χ4n) is 0.562. The topological polar surface area (TPSA) is 140 Å². The van der Waals surface area contributed by atoms with Crippen LogP contribution in [-0.2, 0) is 28.3 Å². The van der Waals surface area contributed by atoms with Crippen molar-refractivity contribution in [1.29, 1.82) is 0 Å². The number of carbonyl (C=O) groups is 3. The van der Waals surface area contributed by atoms with Crippen molar-refractivity contribution < 1.29 is 43.7 Å². The summed E-state index contributed by atoms with van der Waals surface area (Å²) in [7, 11) is -1.65. The van der Waals surface area contributed by atoms with Gasteiger partial charge in [0.25, 0.3) is 0 Å². The first-order valence-electron chi connectivity index (χ1n) is 3.92. The molecule has 0 unspecified atom stereocenters. The smallest absolute Gasteiger partial charge is 0.480 e. The van der Waals surface area contributed by atoms with Gasteiger partial charge in [-0.15, -0.1) is 0 Å². The minimum absolute atomic E-state index is 0.802. The highest BCUT2D eigenvalue weighted by Crippen LogP contribution is 1.93. The third-order valence-electron chi connectivity index (χ3n) is 1.03. The number of carboxylic acid groups (broad SMARTS) is 3. The molecule has 0 saturated carbocycles. The number of carboxylic acids is 3. The van der Waals surface area contributed by atoms with Gasteiger partial charge in [-0.25, -0.2) is 14.4 Å². The summed E-state index contributed by atoms with van der Waals surface area (Å²) in [5.41, 5.74) is 0. The molecular weight excluding hydrogens is 227 g/mol. The van der Waals surface area contributed by atoms with Crippen molar-refractivity contribution >= 4 is 25.2 Å². The van der Waals surface area contributed by atoms with Gasteiger partial charge in [0.2, 0.25) is 0 Å². The maximum absolute atomic E-state index is 10.1. The molecule has 0 spiro atoms. The lowest BCUT2D eigenvalue weighted by molar-refractivity contribution is -0.143. The number of rotatable bonds is 9. The van der Waals surface area contributed by atoms with Gasteiger partial charge in [-0.1, -0.05) is 0 Å². The Morgan fingerprint density at radius 2 is 1.00 bits per heavy atom. The molecule has 90 valence electrons. The molecule has 9 nitrogen and oxygen atoms in total. The lowest BCUT2D eigenvalue weighted by Crippen LogP contribution is -2.33. The monoisotopic (exact) mass is 236 g/mol. The summed E-state index contributed by atoms with van der Waals surface area (Å²) in [6, 6.07) is 0. The Morgan fingerprint density at radius 3 is 1.19 bits per heavy atom. The van der Waals surface area contributed by atoms with E-state index in [4.69, 9.17) is 15.3 Å². The van der Waals surface area contributed by atoms with Gasteiger partial charge in [0.15, 0.2) is 0 Å². The highest BCUT2D eigenvalue weighted by atomic mass is 16.7. The highest BCUT2D eigenvalue weighted by molar-refractivity contribution is 6.37. The van der Waals surface area contributed by atoms with Crippen molar-refractivity contribution in [3.8, 4) is 0 Å². The maximum Gasteiger partial charge on any atom is 0.640 e. The third kappa shape index (κ3) is 8.93. The molecule has 0 aromatic heterocycles. The van der Waals surface area contributed by atoms with E-state index in [0.717, 1.165) is 0 Å². The van der Waals surface area contributed by atoms with Gasteiger partial charge in [-0.2, -0.15) is 0 Å².